The van der Waals surface area contributed by atoms with Gasteiger partial charge in [-0.3, -0.25) is 0 Å². The van der Waals surface area contributed by atoms with E-state index >= 15 is 0 Å². The van der Waals surface area contributed by atoms with Crippen LogP contribution in [0.25, 0.3) is 10.9 Å². The van der Waals surface area contributed by atoms with Gasteiger partial charge in [-0.1, -0.05) is 0 Å². The second kappa shape index (κ2) is 4.45. The van der Waals surface area contributed by atoms with Crippen LogP contribution in [-0.2, 0) is 0 Å². The van der Waals surface area contributed by atoms with Crippen LogP contribution in [0.2, 0.25) is 0 Å². The van der Waals surface area contributed by atoms with Crippen molar-refractivity contribution in [2.24, 2.45) is 0 Å². The first kappa shape index (κ1) is 11.4. The molecule has 0 spiro atoms. The summed E-state index contributed by atoms with van der Waals surface area (Å²) in [7, 11) is 0. The van der Waals surface area contributed by atoms with Gasteiger partial charge in [0, 0.05) is 28.4 Å². The van der Waals surface area contributed by atoms with Gasteiger partial charge in [0.05, 0.1) is 6.10 Å². The van der Waals surface area contributed by atoms with Crippen molar-refractivity contribution in [3.63, 3.8) is 0 Å². The fourth-order valence-corrected chi connectivity index (χ4v) is 1.87. The molecule has 0 amide bonds. The van der Waals surface area contributed by atoms with Crippen LogP contribution in [0, 0.1) is 5.82 Å². The fourth-order valence-electron chi connectivity index (χ4n) is 1.67. The van der Waals surface area contributed by atoms with E-state index < -0.39 is 12.2 Å². The predicted molar refractivity (Wildman–Crippen MR) is 63.1 cm³/mol. The highest BCUT2D eigenvalue weighted by atomic mass is 32.1. The van der Waals surface area contributed by atoms with Crippen LogP contribution in [0.15, 0.2) is 24.4 Å². The third-order valence-corrected chi connectivity index (χ3v) is 2.92. The number of aromatic amines is 1. The number of thiol groups is 1. The molecule has 2 unspecified atom stereocenters. The number of nitrogens with one attached hydrogen (secondary N) is 1. The molecule has 2 aromatic rings. The molecule has 1 aromatic carbocycles. The summed E-state index contributed by atoms with van der Waals surface area (Å²) in [5, 5.41) is 19.9. The quantitative estimate of drug-likeness (QED) is 0.617. The molecule has 0 saturated carbocycles. The van der Waals surface area contributed by atoms with E-state index in [1.807, 2.05) is 0 Å². The van der Waals surface area contributed by atoms with Gasteiger partial charge in [0.1, 0.15) is 11.9 Å². The molecule has 1 heterocycles. The zero-order valence-corrected chi connectivity index (χ0v) is 9.29. The van der Waals surface area contributed by atoms with Crippen LogP contribution in [-0.4, -0.2) is 27.1 Å². The number of aliphatic hydroxyl groups is 2. The largest absolute Gasteiger partial charge is 0.389 e. The normalized spacial score (nSPS) is 15.2. The van der Waals surface area contributed by atoms with Gasteiger partial charge in [0.15, 0.2) is 0 Å². The Hall–Kier alpha value is -1.04. The lowest BCUT2D eigenvalue weighted by Crippen LogP contribution is -2.19. The molecular weight excluding hydrogens is 229 g/mol. The third kappa shape index (κ3) is 1.93. The highest BCUT2D eigenvalue weighted by Crippen LogP contribution is 2.27. The number of rotatable bonds is 3. The minimum atomic E-state index is -1.06. The summed E-state index contributed by atoms with van der Waals surface area (Å²) in [6, 6.07) is 4.26. The van der Waals surface area contributed by atoms with Crippen molar-refractivity contribution in [3.8, 4) is 0 Å². The SMILES string of the molecule is OC(CS)C(O)c1c[nH]c2ccc(F)cc12. The van der Waals surface area contributed by atoms with Gasteiger partial charge in [-0.15, -0.1) is 0 Å². The van der Waals surface area contributed by atoms with Gasteiger partial charge < -0.3 is 15.2 Å². The molecule has 2 atom stereocenters. The second-order valence-corrected chi connectivity index (χ2v) is 3.99. The van der Waals surface area contributed by atoms with Crippen LogP contribution in [0.5, 0.6) is 0 Å². The Kier molecular flexibility index (Phi) is 3.18. The van der Waals surface area contributed by atoms with Crippen molar-refractivity contribution in [1.82, 2.24) is 4.98 Å². The maximum atomic E-state index is 13.1. The Morgan fingerprint density at radius 2 is 2.12 bits per heavy atom. The lowest BCUT2D eigenvalue weighted by molar-refractivity contribution is 0.0347. The highest BCUT2D eigenvalue weighted by molar-refractivity contribution is 7.80. The van der Waals surface area contributed by atoms with Gasteiger partial charge in [0.2, 0.25) is 0 Å². The summed E-state index contributed by atoms with van der Waals surface area (Å²) in [5.41, 5.74) is 1.21. The topological polar surface area (TPSA) is 56.2 Å². The van der Waals surface area contributed by atoms with E-state index in [1.54, 1.807) is 12.3 Å². The van der Waals surface area contributed by atoms with Crippen molar-refractivity contribution in [3.05, 3.63) is 35.8 Å². The van der Waals surface area contributed by atoms with Gasteiger partial charge in [-0.25, -0.2) is 4.39 Å². The Labute approximate surface area is 97.3 Å². The Morgan fingerprint density at radius 3 is 2.81 bits per heavy atom. The molecule has 0 aliphatic heterocycles. The summed E-state index contributed by atoms with van der Waals surface area (Å²) in [5.74, 6) is -0.232. The summed E-state index contributed by atoms with van der Waals surface area (Å²) < 4.78 is 13.1. The second-order valence-electron chi connectivity index (χ2n) is 3.63. The zero-order valence-electron chi connectivity index (χ0n) is 8.39. The number of hydrogen-bond donors (Lipinski definition) is 4. The van der Waals surface area contributed by atoms with Crippen molar-refractivity contribution in [2.75, 3.05) is 5.75 Å². The molecular formula is C11H12FNO2S. The van der Waals surface area contributed by atoms with E-state index in [4.69, 9.17) is 0 Å². The standard InChI is InChI=1S/C11H12FNO2S/c12-6-1-2-9-7(3-6)8(4-13-9)11(15)10(14)5-16/h1-4,10-11,13-16H,5H2. The molecule has 2 rings (SSSR count). The molecule has 5 heteroatoms. The van der Waals surface area contributed by atoms with Crippen molar-refractivity contribution in [1.29, 1.82) is 0 Å². The Morgan fingerprint density at radius 1 is 1.38 bits per heavy atom. The van der Waals surface area contributed by atoms with Crippen molar-refractivity contribution < 1.29 is 14.6 Å². The summed E-state index contributed by atoms with van der Waals surface area (Å²) >= 11 is 3.91. The smallest absolute Gasteiger partial charge is 0.123 e. The van der Waals surface area contributed by atoms with Gasteiger partial charge in [0.25, 0.3) is 0 Å². The summed E-state index contributed by atoms with van der Waals surface area (Å²) in [4.78, 5) is 2.91. The number of aliphatic hydroxyl groups excluding tert-OH is 2. The number of halogens is 1. The van der Waals surface area contributed by atoms with Gasteiger partial charge in [-0.05, 0) is 18.2 Å². The first-order valence-corrected chi connectivity index (χ1v) is 5.50. The van der Waals surface area contributed by atoms with Gasteiger partial charge >= 0.3 is 0 Å². The van der Waals surface area contributed by atoms with Crippen LogP contribution in [0.1, 0.15) is 11.7 Å². The lowest BCUT2D eigenvalue weighted by atomic mass is 10.0. The molecule has 0 bridgehead atoms. The minimum absolute atomic E-state index is 0.142. The van der Waals surface area contributed by atoms with Crippen LogP contribution < -0.4 is 0 Å². The molecule has 0 aliphatic carbocycles. The molecule has 0 aliphatic rings. The molecule has 0 saturated heterocycles. The van der Waals surface area contributed by atoms with E-state index in [2.05, 4.69) is 17.6 Å². The third-order valence-electron chi connectivity index (χ3n) is 2.55. The number of H-pyrrole nitrogens is 1. The van der Waals surface area contributed by atoms with Crippen LogP contribution in [0.3, 0.4) is 0 Å². The summed E-state index contributed by atoms with van der Waals surface area (Å²) in [6.45, 7) is 0. The van der Waals surface area contributed by atoms with E-state index in [0.717, 1.165) is 5.52 Å². The highest BCUT2D eigenvalue weighted by Gasteiger charge is 2.20. The number of hydrogen-bond acceptors (Lipinski definition) is 3. The average Bonchev–Trinajstić information content (AvgIpc) is 2.69. The molecule has 1 aromatic heterocycles. The summed E-state index contributed by atoms with van der Waals surface area (Å²) in [6.07, 6.45) is -0.458. The lowest BCUT2D eigenvalue weighted by Gasteiger charge is -2.14. The fraction of sp³-hybridized carbons (Fsp3) is 0.273. The maximum Gasteiger partial charge on any atom is 0.123 e. The maximum absolute atomic E-state index is 13.1. The van der Waals surface area contributed by atoms with Gasteiger partial charge in [-0.2, -0.15) is 12.6 Å². The monoisotopic (exact) mass is 241 g/mol. The number of fused-ring (bicyclic) bond motifs is 1. The van der Waals surface area contributed by atoms with E-state index in [-0.39, 0.29) is 11.6 Å². The molecule has 86 valence electrons. The molecule has 0 radical (unpaired) electrons. The van der Waals surface area contributed by atoms with E-state index in [9.17, 15) is 14.6 Å². The molecule has 0 fully saturated rings. The van der Waals surface area contributed by atoms with Crippen molar-refractivity contribution >= 4 is 23.5 Å². The zero-order chi connectivity index (χ0) is 11.7. The first-order valence-electron chi connectivity index (χ1n) is 4.87. The predicted octanol–water partition coefficient (Wildman–Crippen LogP) is 1.63. The van der Waals surface area contributed by atoms with Crippen molar-refractivity contribution in [2.45, 2.75) is 12.2 Å². The Balaban J connectivity index is 2.48. The van der Waals surface area contributed by atoms with E-state index in [1.165, 1.54) is 12.1 Å². The molecule has 3 N–H and O–H groups in total. The molecule has 16 heavy (non-hydrogen) atoms. The first-order chi connectivity index (χ1) is 7.63. The number of aromatic nitrogens is 1. The molecule has 3 nitrogen and oxygen atoms in total. The average molecular weight is 241 g/mol. The number of benzene rings is 1. The minimum Gasteiger partial charge on any atom is -0.389 e. The van der Waals surface area contributed by atoms with E-state index in [0.29, 0.717) is 10.9 Å². The van der Waals surface area contributed by atoms with Crippen LogP contribution >= 0.6 is 12.6 Å². The Bertz CT molecular complexity index is 500. The van der Waals surface area contributed by atoms with Crippen LogP contribution in [0.4, 0.5) is 4.39 Å².